The van der Waals surface area contributed by atoms with Gasteiger partial charge in [-0.25, -0.2) is 4.39 Å². The van der Waals surface area contributed by atoms with Gasteiger partial charge in [-0.2, -0.15) is 5.10 Å². The van der Waals surface area contributed by atoms with Crippen LogP contribution in [-0.4, -0.2) is 22.3 Å². The summed E-state index contributed by atoms with van der Waals surface area (Å²) in [4.78, 5) is 12.5. The second kappa shape index (κ2) is 8.78. The lowest BCUT2D eigenvalue weighted by atomic mass is 10.1. The number of benzene rings is 3. The summed E-state index contributed by atoms with van der Waals surface area (Å²) in [6.45, 7) is 3.63. The Bertz CT molecular complexity index is 1250. The summed E-state index contributed by atoms with van der Waals surface area (Å²) in [5.74, 6) is -0.0792. The topological polar surface area (TPSA) is 56.2 Å². The number of aryl methyl sites for hydroxylation is 1. The second-order valence-electron chi connectivity index (χ2n) is 7.25. The van der Waals surface area contributed by atoms with Gasteiger partial charge < -0.3 is 10.1 Å². The van der Waals surface area contributed by atoms with Gasteiger partial charge in [-0.3, -0.25) is 9.48 Å². The predicted molar refractivity (Wildman–Crippen MR) is 120 cm³/mol. The van der Waals surface area contributed by atoms with Crippen LogP contribution in [0.5, 0.6) is 5.75 Å². The first-order chi connectivity index (χ1) is 14.9. The number of hydrogen-bond acceptors (Lipinski definition) is 3. The highest BCUT2D eigenvalue weighted by Gasteiger charge is 2.17. The van der Waals surface area contributed by atoms with Gasteiger partial charge in [-0.15, -0.1) is 0 Å². The molecular formula is C24H21ClFN3O2. The van der Waals surface area contributed by atoms with Gasteiger partial charge in [0.2, 0.25) is 0 Å². The number of anilines is 1. The molecule has 0 bridgehead atoms. The molecule has 0 spiro atoms. The zero-order chi connectivity index (χ0) is 22.0. The van der Waals surface area contributed by atoms with E-state index in [1.54, 1.807) is 23.7 Å². The number of nitrogens with zero attached hydrogens (tertiary/aromatic N) is 2. The Morgan fingerprint density at radius 3 is 2.65 bits per heavy atom. The summed E-state index contributed by atoms with van der Waals surface area (Å²) < 4.78 is 21.4. The number of halogens is 2. The molecule has 1 aromatic heterocycles. The normalized spacial score (nSPS) is 11.0. The van der Waals surface area contributed by atoms with Crippen molar-refractivity contribution in [2.45, 2.75) is 20.4 Å². The van der Waals surface area contributed by atoms with Crippen LogP contribution < -0.4 is 10.1 Å². The SMILES string of the molecule is Cc1nn(Cc2c(F)cccc2Cl)c(C)c1NC(=O)COc1ccc2ccccc2c1. The highest BCUT2D eigenvalue weighted by molar-refractivity contribution is 6.31. The standard InChI is InChI=1S/C24H21ClFN3O2/c1-15-24(16(2)29(28-15)13-20-21(25)8-5-9-22(20)26)27-23(30)14-31-19-11-10-17-6-3-4-7-18(17)12-19/h3-12H,13-14H2,1-2H3,(H,27,30). The van der Waals surface area contributed by atoms with E-state index < -0.39 is 5.82 Å². The Labute approximate surface area is 184 Å². The zero-order valence-electron chi connectivity index (χ0n) is 17.2. The molecule has 5 nitrogen and oxygen atoms in total. The largest absolute Gasteiger partial charge is 0.484 e. The first-order valence-electron chi connectivity index (χ1n) is 9.80. The number of rotatable bonds is 6. The van der Waals surface area contributed by atoms with Crippen LogP contribution in [0.1, 0.15) is 17.0 Å². The first-order valence-corrected chi connectivity index (χ1v) is 10.2. The van der Waals surface area contributed by atoms with Crippen LogP contribution in [0.25, 0.3) is 10.8 Å². The summed E-state index contributed by atoms with van der Waals surface area (Å²) in [7, 11) is 0. The van der Waals surface area contributed by atoms with Crippen LogP contribution in [-0.2, 0) is 11.3 Å². The van der Waals surface area contributed by atoms with E-state index in [0.29, 0.717) is 33.4 Å². The van der Waals surface area contributed by atoms with Crippen LogP contribution in [0, 0.1) is 19.7 Å². The van der Waals surface area contributed by atoms with Crippen LogP contribution >= 0.6 is 11.6 Å². The minimum Gasteiger partial charge on any atom is -0.484 e. The minimum atomic E-state index is -0.394. The number of ether oxygens (including phenoxy) is 1. The Hall–Kier alpha value is -3.38. The fraction of sp³-hybridized carbons (Fsp3) is 0.167. The van der Waals surface area contributed by atoms with Crippen molar-refractivity contribution in [2.24, 2.45) is 0 Å². The molecule has 4 aromatic rings. The van der Waals surface area contributed by atoms with E-state index in [9.17, 15) is 9.18 Å². The van der Waals surface area contributed by atoms with E-state index >= 15 is 0 Å². The molecule has 1 heterocycles. The van der Waals surface area contributed by atoms with Crippen molar-refractivity contribution in [1.82, 2.24) is 9.78 Å². The molecule has 31 heavy (non-hydrogen) atoms. The van der Waals surface area contributed by atoms with Gasteiger partial charge in [0.15, 0.2) is 6.61 Å². The zero-order valence-corrected chi connectivity index (χ0v) is 17.9. The fourth-order valence-electron chi connectivity index (χ4n) is 3.45. The van der Waals surface area contributed by atoms with Crippen molar-refractivity contribution in [3.05, 3.63) is 88.5 Å². The number of aromatic nitrogens is 2. The number of carbonyl (C=O) groups excluding carboxylic acids is 1. The van der Waals surface area contributed by atoms with Crippen molar-refractivity contribution < 1.29 is 13.9 Å². The van der Waals surface area contributed by atoms with E-state index in [2.05, 4.69) is 10.4 Å². The number of fused-ring (bicyclic) bond motifs is 1. The average Bonchev–Trinajstić information content (AvgIpc) is 3.02. The van der Waals surface area contributed by atoms with Crippen molar-refractivity contribution in [3.63, 3.8) is 0 Å². The number of nitrogens with one attached hydrogen (secondary N) is 1. The maximum absolute atomic E-state index is 14.1. The monoisotopic (exact) mass is 437 g/mol. The van der Waals surface area contributed by atoms with E-state index in [4.69, 9.17) is 16.3 Å². The lowest BCUT2D eigenvalue weighted by molar-refractivity contribution is -0.118. The lowest BCUT2D eigenvalue weighted by Crippen LogP contribution is -2.21. The van der Waals surface area contributed by atoms with Crippen molar-refractivity contribution in [3.8, 4) is 5.75 Å². The lowest BCUT2D eigenvalue weighted by Gasteiger charge is -2.10. The van der Waals surface area contributed by atoms with Gasteiger partial charge in [0.05, 0.1) is 23.6 Å². The molecule has 0 saturated carbocycles. The molecule has 4 rings (SSSR count). The van der Waals surface area contributed by atoms with E-state index in [-0.39, 0.29) is 19.1 Å². The molecule has 1 N–H and O–H groups in total. The highest BCUT2D eigenvalue weighted by atomic mass is 35.5. The molecule has 0 saturated heterocycles. The Balaban J connectivity index is 1.44. The van der Waals surface area contributed by atoms with Crippen LogP contribution in [0.2, 0.25) is 5.02 Å². The summed E-state index contributed by atoms with van der Waals surface area (Å²) in [6.07, 6.45) is 0. The van der Waals surface area contributed by atoms with Crippen molar-refractivity contribution >= 4 is 34.0 Å². The van der Waals surface area contributed by atoms with Gasteiger partial charge in [0.1, 0.15) is 11.6 Å². The molecule has 1 amide bonds. The molecule has 0 radical (unpaired) electrons. The Morgan fingerprint density at radius 2 is 1.87 bits per heavy atom. The second-order valence-corrected chi connectivity index (χ2v) is 7.66. The molecule has 0 fully saturated rings. The molecular weight excluding hydrogens is 417 g/mol. The molecule has 7 heteroatoms. The number of carbonyl (C=O) groups is 1. The summed E-state index contributed by atoms with van der Waals surface area (Å²) >= 11 is 6.13. The Morgan fingerprint density at radius 1 is 1.10 bits per heavy atom. The predicted octanol–water partition coefficient (Wildman–Crippen LogP) is 5.51. The smallest absolute Gasteiger partial charge is 0.262 e. The molecule has 0 aliphatic carbocycles. The third-order valence-electron chi connectivity index (χ3n) is 5.11. The van der Waals surface area contributed by atoms with Crippen LogP contribution in [0.15, 0.2) is 60.7 Å². The average molecular weight is 438 g/mol. The van der Waals surface area contributed by atoms with Gasteiger partial charge in [0.25, 0.3) is 5.91 Å². The summed E-state index contributed by atoms with van der Waals surface area (Å²) in [5.41, 5.74) is 2.27. The molecule has 158 valence electrons. The third-order valence-corrected chi connectivity index (χ3v) is 5.46. The number of hydrogen-bond donors (Lipinski definition) is 1. The molecule has 0 aliphatic rings. The molecule has 0 unspecified atom stereocenters. The minimum absolute atomic E-state index is 0.137. The van der Waals surface area contributed by atoms with Gasteiger partial charge in [0, 0.05) is 10.6 Å². The van der Waals surface area contributed by atoms with Crippen LogP contribution in [0.4, 0.5) is 10.1 Å². The molecule has 0 aliphatic heterocycles. The molecule has 0 atom stereocenters. The van der Waals surface area contributed by atoms with E-state index in [1.807, 2.05) is 49.4 Å². The van der Waals surface area contributed by atoms with Crippen LogP contribution in [0.3, 0.4) is 0 Å². The van der Waals surface area contributed by atoms with Crippen molar-refractivity contribution in [1.29, 1.82) is 0 Å². The van der Waals surface area contributed by atoms with E-state index in [0.717, 1.165) is 10.8 Å². The van der Waals surface area contributed by atoms with E-state index in [1.165, 1.54) is 6.07 Å². The summed E-state index contributed by atoms with van der Waals surface area (Å²) in [6, 6.07) is 18.2. The quantitative estimate of drug-likeness (QED) is 0.432. The maximum atomic E-state index is 14.1. The van der Waals surface area contributed by atoms with Gasteiger partial charge >= 0.3 is 0 Å². The van der Waals surface area contributed by atoms with Gasteiger partial charge in [-0.1, -0.05) is 48.0 Å². The highest BCUT2D eigenvalue weighted by Crippen LogP contribution is 2.25. The molecule has 3 aromatic carbocycles. The number of amides is 1. The fourth-order valence-corrected chi connectivity index (χ4v) is 3.67. The van der Waals surface area contributed by atoms with Gasteiger partial charge in [-0.05, 0) is 48.9 Å². The van der Waals surface area contributed by atoms with Crippen molar-refractivity contribution in [2.75, 3.05) is 11.9 Å². The third kappa shape index (κ3) is 4.54. The summed E-state index contributed by atoms with van der Waals surface area (Å²) in [5, 5.41) is 9.76. The maximum Gasteiger partial charge on any atom is 0.262 e. The Kier molecular flexibility index (Phi) is 5.91. The first kappa shape index (κ1) is 20.9.